The second-order valence-corrected chi connectivity index (χ2v) is 8.52. The maximum Gasteiger partial charge on any atom is 0.255 e. The van der Waals surface area contributed by atoms with Crippen molar-refractivity contribution in [1.29, 1.82) is 0 Å². The lowest BCUT2D eigenvalue weighted by molar-refractivity contribution is -0.120. The van der Waals surface area contributed by atoms with Gasteiger partial charge in [0.25, 0.3) is 5.91 Å². The summed E-state index contributed by atoms with van der Waals surface area (Å²) in [6.45, 7) is 2.64. The Hall–Kier alpha value is -2.79. The summed E-state index contributed by atoms with van der Waals surface area (Å²) in [5.41, 5.74) is 6.13. The van der Waals surface area contributed by atoms with Crippen LogP contribution in [-0.4, -0.2) is 17.4 Å². The Morgan fingerprint density at radius 3 is 2.61 bits per heavy atom. The number of benzene rings is 3. The second kappa shape index (κ2) is 7.13. The fourth-order valence-electron chi connectivity index (χ4n) is 5.19. The SMILES string of the molecule is Cc1cccc2c1NC(=O)C21NCC(c2ccccc2Cl)c2c1[nH]c1ccccc21.Cl. The van der Waals surface area contributed by atoms with Crippen LogP contribution in [0, 0.1) is 6.92 Å². The molecule has 4 aromatic rings. The summed E-state index contributed by atoms with van der Waals surface area (Å²) in [6, 6.07) is 22.3. The third-order valence-electron chi connectivity index (χ3n) is 6.58. The quantitative estimate of drug-likeness (QED) is 0.360. The van der Waals surface area contributed by atoms with Crippen LogP contribution in [0.25, 0.3) is 10.9 Å². The predicted molar refractivity (Wildman–Crippen MR) is 127 cm³/mol. The Morgan fingerprint density at radius 2 is 1.77 bits per heavy atom. The zero-order valence-corrected chi connectivity index (χ0v) is 18.4. The number of anilines is 1. The zero-order valence-electron chi connectivity index (χ0n) is 16.8. The molecule has 2 atom stereocenters. The molecule has 0 fully saturated rings. The Bertz CT molecular complexity index is 1350. The minimum absolute atomic E-state index is 0. The van der Waals surface area contributed by atoms with Crippen molar-refractivity contribution in [1.82, 2.24) is 10.3 Å². The maximum absolute atomic E-state index is 13.5. The van der Waals surface area contributed by atoms with Gasteiger partial charge in [0.1, 0.15) is 0 Å². The lowest BCUT2D eigenvalue weighted by atomic mass is 9.76. The van der Waals surface area contributed by atoms with Crippen molar-refractivity contribution in [3.8, 4) is 0 Å². The van der Waals surface area contributed by atoms with Crippen LogP contribution in [0.5, 0.6) is 0 Å². The first kappa shape index (κ1) is 20.1. The van der Waals surface area contributed by atoms with E-state index in [0.717, 1.165) is 49.6 Å². The van der Waals surface area contributed by atoms with Gasteiger partial charge in [-0.25, -0.2) is 0 Å². The predicted octanol–water partition coefficient (Wildman–Crippen LogP) is 5.48. The van der Waals surface area contributed by atoms with Crippen molar-refractivity contribution in [2.45, 2.75) is 18.4 Å². The van der Waals surface area contributed by atoms with E-state index in [1.807, 2.05) is 55.5 Å². The molecular formula is C25H21Cl2N3O. The van der Waals surface area contributed by atoms with Crippen LogP contribution in [0.1, 0.15) is 33.9 Å². The molecule has 6 rings (SSSR count). The van der Waals surface area contributed by atoms with Crippen LogP contribution in [0.3, 0.4) is 0 Å². The number of halogens is 2. The number of hydrogen-bond donors (Lipinski definition) is 3. The largest absolute Gasteiger partial charge is 0.356 e. The summed E-state index contributed by atoms with van der Waals surface area (Å²) in [5.74, 6) is -0.00523. The smallest absolute Gasteiger partial charge is 0.255 e. The number of para-hydroxylation sites is 2. The van der Waals surface area contributed by atoms with E-state index >= 15 is 0 Å². The van der Waals surface area contributed by atoms with Gasteiger partial charge in [0.05, 0.1) is 5.69 Å². The number of nitrogens with one attached hydrogen (secondary N) is 3. The molecule has 156 valence electrons. The summed E-state index contributed by atoms with van der Waals surface area (Å²) in [6.07, 6.45) is 0. The van der Waals surface area contributed by atoms with Crippen LogP contribution < -0.4 is 10.6 Å². The van der Waals surface area contributed by atoms with Gasteiger partial charge in [0.15, 0.2) is 5.54 Å². The van der Waals surface area contributed by atoms with Gasteiger partial charge in [-0.1, -0.05) is 66.2 Å². The molecule has 3 heterocycles. The Kier molecular flexibility index (Phi) is 4.63. The third-order valence-corrected chi connectivity index (χ3v) is 6.92. The van der Waals surface area contributed by atoms with Gasteiger partial charge in [-0.05, 0) is 35.7 Å². The van der Waals surface area contributed by atoms with E-state index in [1.165, 1.54) is 0 Å². The number of hydrogen-bond acceptors (Lipinski definition) is 2. The van der Waals surface area contributed by atoms with Crippen molar-refractivity contribution in [3.63, 3.8) is 0 Å². The van der Waals surface area contributed by atoms with Crippen LogP contribution in [-0.2, 0) is 10.3 Å². The lowest BCUT2D eigenvalue weighted by Crippen LogP contribution is -2.54. The second-order valence-electron chi connectivity index (χ2n) is 8.12. The van der Waals surface area contributed by atoms with E-state index in [0.29, 0.717) is 6.54 Å². The molecule has 2 aliphatic heterocycles. The van der Waals surface area contributed by atoms with E-state index in [2.05, 4.69) is 33.8 Å². The molecular weight excluding hydrogens is 429 g/mol. The van der Waals surface area contributed by atoms with Gasteiger partial charge < -0.3 is 10.3 Å². The number of fused-ring (bicyclic) bond motifs is 6. The number of aryl methyl sites for hydroxylation is 1. The minimum Gasteiger partial charge on any atom is -0.356 e. The molecule has 1 aromatic heterocycles. The van der Waals surface area contributed by atoms with Gasteiger partial charge in [0.2, 0.25) is 0 Å². The Labute approximate surface area is 191 Å². The highest BCUT2D eigenvalue weighted by Gasteiger charge is 2.54. The number of carbonyl (C=O) groups excluding carboxylic acids is 1. The van der Waals surface area contributed by atoms with Crippen LogP contribution in [0.4, 0.5) is 5.69 Å². The van der Waals surface area contributed by atoms with Crippen molar-refractivity contribution >= 4 is 46.5 Å². The lowest BCUT2D eigenvalue weighted by Gasteiger charge is -2.37. The van der Waals surface area contributed by atoms with E-state index in [9.17, 15) is 4.79 Å². The highest BCUT2D eigenvalue weighted by molar-refractivity contribution is 6.31. The zero-order chi connectivity index (χ0) is 20.5. The summed E-state index contributed by atoms with van der Waals surface area (Å²) in [5, 5.41) is 8.62. The number of H-pyrrole nitrogens is 1. The molecule has 2 aliphatic rings. The molecule has 0 radical (unpaired) electrons. The molecule has 0 saturated carbocycles. The molecule has 3 N–H and O–H groups in total. The number of carbonyl (C=O) groups is 1. The number of aromatic amines is 1. The highest BCUT2D eigenvalue weighted by Crippen LogP contribution is 2.50. The molecule has 31 heavy (non-hydrogen) atoms. The summed E-state index contributed by atoms with van der Waals surface area (Å²) in [4.78, 5) is 17.1. The molecule has 3 aromatic carbocycles. The van der Waals surface area contributed by atoms with Crippen molar-refractivity contribution in [2.24, 2.45) is 0 Å². The molecule has 0 saturated heterocycles. The topological polar surface area (TPSA) is 56.9 Å². The average molecular weight is 450 g/mol. The fraction of sp³-hybridized carbons (Fsp3) is 0.160. The standard InChI is InChI=1S/C25H20ClN3O.ClH/c1-14-7-6-10-18-22(14)29-24(30)25(18)23-21(16-9-3-5-12-20(16)28-23)17(13-27-25)15-8-2-4-11-19(15)26;/h2-12,17,27-28H,13H2,1H3,(H,29,30);1H. The molecule has 0 bridgehead atoms. The minimum atomic E-state index is -0.937. The van der Waals surface area contributed by atoms with Crippen LogP contribution >= 0.6 is 24.0 Å². The van der Waals surface area contributed by atoms with Gasteiger partial charge in [0, 0.05) is 39.6 Å². The molecule has 0 aliphatic carbocycles. The van der Waals surface area contributed by atoms with Gasteiger partial charge in [-0.3, -0.25) is 10.1 Å². The van der Waals surface area contributed by atoms with Gasteiger partial charge >= 0.3 is 0 Å². The number of rotatable bonds is 1. The first-order valence-corrected chi connectivity index (χ1v) is 10.5. The van der Waals surface area contributed by atoms with E-state index in [4.69, 9.17) is 11.6 Å². The summed E-state index contributed by atoms with van der Waals surface area (Å²) in [7, 11) is 0. The number of aromatic nitrogens is 1. The first-order chi connectivity index (χ1) is 14.6. The normalized spacial score (nSPS) is 21.5. The fourth-order valence-corrected chi connectivity index (χ4v) is 5.46. The Morgan fingerprint density at radius 1 is 1.00 bits per heavy atom. The monoisotopic (exact) mass is 449 g/mol. The van der Waals surface area contributed by atoms with E-state index in [1.54, 1.807) is 0 Å². The summed E-state index contributed by atoms with van der Waals surface area (Å²) < 4.78 is 0. The van der Waals surface area contributed by atoms with Crippen LogP contribution in [0.2, 0.25) is 5.02 Å². The molecule has 2 unspecified atom stereocenters. The summed E-state index contributed by atoms with van der Waals surface area (Å²) >= 11 is 6.61. The van der Waals surface area contributed by atoms with Crippen molar-refractivity contribution in [3.05, 3.63) is 99.7 Å². The van der Waals surface area contributed by atoms with Crippen molar-refractivity contribution in [2.75, 3.05) is 11.9 Å². The van der Waals surface area contributed by atoms with Crippen LogP contribution in [0.15, 0.2) is 66.7 Å². The maximum atomic E-state index is 13.5. The van der Waals surface area contributed by atoms with Gasteiger partial charge in [-0.2, -0.15) is 0 Å². The molecule has 6 heteroatoms. The molecule has 1 spiro atoms. The molecule has 1 amide bonds. The third kappa shape index (κ3) is 2.62. The van der Waals surface area contributed by atoms with Crippen molar-refractivity contribution < 1.29 is 4.79 Å². The van der Waals surface area contributed by atoms with E-state index < -0.39 is 5.54 Å². The number of amides is 1. The highest BCUT2D eigenvalue weighted by atomic mass is 35.5. The van der Waals surface area contributed by atoms with E-state index in [-0.39, 0.29) is 24.2 Å². The average Bonchev–Trinajstić information content (AvgIpc) is 3.28. The van der Waals surface area contributed by atoms with Gasteiger partial charge in [-0.15, -0.1) is 12.4 Å². The molecule has 4 nitrogen and oxygen atoms in total. The Balaban J connectivity index is 0.00000204. The first-order valence-electron chi connectivity index (χ1n) is 10.1.